The van der Waals surface area contributed by atoms with Gasteiger partial charge in [-0.15, -0.1) is 0 Å². The van der Waals surface area contributed by atoms with Crippen LogP contribution in [0.1, 0.15) is 6.42 Å². The van der Waals surface area contributed by atoms with E-state index in [4.69, 9.17) is 16.7 Å². The van der Waals surface area contributed by atoms with Crippen molar-refractivity contribution in [2.75, 3.05) is 0 Å². The van der Waals surface area contributed by atoms with Gasteiger partial charge < -0.3 is 5.11 Å². The van der Waals surface area contributed by atoms with Crippen molar-refractivity contribution in [3.05, 3.63) is 23.8 Å². The van der Waals surface area contributed by atoms with Crippen LogP contribution >= 0.6 is 11.6 Å². The number of rotatable bonds is 3. The first-order valence-corrected chi connectivity index (χ1v) is 2.66. The fraction of sp³-hybridized carbons (Fsp3) is 0.167. The fourth-order valence-electron chi connectivity index (χ4n) is 0.307. The molecule has 0 aliphatic carbocycles. The maximum absolute atomic E-state index is 10.0. The van der Waals surface area contributed by atoms with Gasteiger partial charge in [0.05, 0.1) is 0 Å². The van der Waals surface area contributed by atoms with E-state index in [2.05, 4.69) is 13.2 Å². The predicted octanol–water partition coefficient (Wildman–Crippen LogP) is 1.77. The van der Waals surface area contributed by atoms with Crippen LogP contribution in [0.4, 0.5) is 0 Å². The lowest BCUT2D eigenvalue weighted by molar-refractivity contribution is -0.132. The molecule has 0 aromatic carbocycles. The van der Waals surface area contributed by atoms with E-state index < -0.39 is 5.97 Å². The highest BCUT2D eigenvalue weighted by Crippen LogP contribution is 2.10. The van der Waals surface area contributed by atoms with E-state index >= 15 is 0 Å². The molecule has 1 N–H and O–H groups in total. The maximum Gasteiger partial charge on any atom is 0.331 e. The summed E-state index contributed by atoms with van der Waals surface area (Å²) in [6.45, 7) is 6.57. The van der Waals surface area contributed by atoms with Crippen molar-refractivity contribution in [2.24, 2.45) is 0 Å². The Bertz CT molecular complexity index is 160. The van der Waals surface area contributed by atoms with Crippen LogP contribution in [0.2, 0.25) is 0 Å². The SMILES string of the molecule is C=C(Cl)CC(=C)C(=O)O. The molecule has 0 fully saturated rings. The molecule has 0 rings (SSSR count). The lowest BCUT2D eigenvalue weighted by atomic mass is 10.2. The zero-order valence-corrected chi connectivity index (χ0v) is 5.61. The second kappa shape index (κ2) is 3.30. The average molecular weight is 147 g/mol. The topological polar surface area (TPSA) is 37.3 Å². The van der Waals surface area contributed by atoms with Crippen LogP contribution in [-0.4, -0.2) is 11.1 Å². The predicted molar refractivity (Wildman–Crippen MR) is 36.4 cm³/mol. The molecule has 0 saturated heterocycles. The highest BCUT2D eigenvalue weighted by atomic mass is 35.5. The van der Waals surface area contributed by atoms with E-state index in [1.807, 2.05) is 0 Å². The zero-order chi connectivity index (χ0) is 7.44. The third-order valence-electron chi connectivity index (χ3n) is 0.708. The molecule has 0 amide bonds. The number of hydrogen-bond donors (Lipinski definition) is 1. The van der Waals surface area contributed by atoms with Crippen LogP contribution < -0.4 is 0 Å². The summed E-state index contributed by atoms with van der Waals surface area (Å²) < 4.78 is 0. The normalized spacial score (nSPS) is 8.56. The number of allylic oxidation sites excluding steroid dienone is 1. The number of carboxylic acid groups (broad SMARTS) is 1. The summed E-state index contributed by atoms with van der Waals surface area (Å²) in [5.74, 6) is -1.03. The maximum atomic E-state index is 10.0. The number of hydrogen-bond acceptors (Lipinski definition) is 1. The van der Waals surface area contributed by atoms with Gasteiger partial charge in [-0.25, -0.2) is 4.79 Å². The zero-order valence-electron chi connectivity index (χ0n) is 4.85. The van der Waals surface area contributed by atoms with Crippen LogP contribution in [0.5, 0.6) is 0 Å². The summed E-state index contributed by atoms with van der Waals surface area (Å²) in [4.78, 5) is 10.0. The summed E-state index contributed by atoms with van der Waals surface area (Å²) in [5.41, 5.74) is 0.0648. The van der Waals surface area contributed by atoms with E-state index in [0.29, 0.717) is 5.03 Å². The molecule has 0 aromatic heterocycles. The minimum absolute atomic E-state index is 0.0648. The molecule has 0 atom stereocenters. The molecule has 50 valence electrons. The molecule has 0 unspecified atom stereocenters. The van der Waals surface area contributed by atoms with Gasteiger partial charge >= 0.3 is 5.97 Å². The van der Waals surface area contributed by atoms with Crippen LogP contribution in [0.25, 0.3) is 0 Å². The Morgan fingerprint density at radius 3 is 2.11 bits per heavy atom. The number of aliphatic carboxylic acids is 1. The number of carbonyl (C=O) groups is 1. The lowest BCUT2D eigenvalue weighted by Gasteiger charge is -1.94. The van der Waals surface area contributed by atoms with Crippen LogP contribution in [-0.2, 0) is 4.79 Å². The van der Waals surface area contributed by atoms with Crippen molar-refractivity contribution in [1.82, 2.24) is 0 Å². The number of carboxylic acids is 1. The molecule has 3 heteroatoms. The first-order chi connectivity index (χ1) is 4.04. The lowest BCUT2D eigenvalue weighted by Crippen LogP contribution is -1.97. The monoisotopic (exact) mass is 146 g/mol. The van der Waals surface area contributed by atoms with Gasteiger partial charge in [0.2, 0.25) is 0 Å². The van der Waals surface area contributed by atoms with E-state index in [1.54, 1.807) is 0 Å². The van der Waals surface area contributed by atoms with Crippen molar-refractivity contribution >= 4 is 17.6 Å². The molecule has 0 aliphatic heterocycles. The standard InChI is InChI=1S/C6H7ClO2/c1-4(6(8)9)3-5(2)7/h1-3H2,(H,8,9). The van der Waals surface area contributed by atoms with Crippen LogP contribution in [0.15, 0.2) is 23.8 Å². The Morgan fingerprint density at radius 2 is 2.00 bits per heavy atom. The van der Waals surface area contributed by atoms with Crippen molar-refractivity contribution < 1.29 is 9.90 Å². The van der Waals surface area contributed by atoms with Gasteiger partial charge in [-0.3, -0.25) is 0 Å². The van der Waals surface area contributed by atoms with Crippen molar-refractivity contribution in [3.63, 3.8) is 0 Å². The van der Waals surface area contributed by atoms with Crippen molar-refractivity contribution in [2.45, 2.75) is 6.42 Å². The molecule has 0 saturated carbocycles. The van der Waals surface area contributed by atoms with E-state index in [0.717, 1.165) is 0 Å². The van der Waals surface area contributed by atoms with E-state index in [-0.39, 0.29) is 12.0 Å². The summed E-state index contributed by atoms with van der Waals surface area (Å²) in [7, 11) is 0. The molecule has 0 heterocycles. The van der Waals surface area contributed by atoms with Gasteiger partial charge in [0.15, 0.2) is 0 Å². The summed E-state index contributed by atoms with van der Waals surface area (Å²) in [5, 5.41) is 8.53. The third-order valence-corrected chi connectivity index (χ3v) is 0.841. The Morgan fingerprint density at radius 1 is 1.56 bits per heavy atom. The molecule has 0 radical (unpaired) electrons. The molecule has 0 aromatic rings. The van der Waals surface area contributed by atoms with Gasteiger partial charge in [-0.05, 0) is 0 Å². The Labute approximate surface area is 58.4 Å². The molecule has 0 aliphatic rings. The molecule has 2 nitrogen and oxygen atoms in total. The number of halogens is 1. The van der Waals surface area contributed by atoms with Crippen LogP contribution in [0, 0.1) is 0 Å². The van der Waals surface area contributed by atoms with E-state index in [9.17, 15) is 4.79 Å². The first-order valence-electron chi connectivity index (χ1n) is 2.28. The Balaban J connectivity index is 3.79. The first kappa shape index (κ1) is 8.24. The summed E-state index contributed by atoms with van der Waals surface area (Å²) >= 11 is 5.30. The van der Waals surface area contributed by atoms with Gasteiger partial charge in [0.1, 0.15) is 0 Å². The Kier molecular flexibility index (Phi) is 3.02. The molecular formula is C6H7ClO2. The molecular weight excluding hydrogens is 140 g/mol. The van der Waals surface area contributed by atoms with Crippen molar-refractivity contribution in [3.8, 4) is 0 Å². The highest BCUT2D eigenvalue weighted by Gasteiger charge is 2.02. The van der Waals surface area contributed by atoms with Crippen molar-refractivity contribution in [1.29, 1.82) is 0 Å². The second-order valence-corrected chi connectivity index (χ2v) is 2.14. The minimum atomic E-state index is -1.03. The van der Waals surface area contributed by atoms with E-state index in [1.165, 1.54) is 0 Å². The quantitative estimate of drug-likeness (QED) is 0.617. The summed E-state index contributed by atoms with van der Waals surface area (Å²) in [6.07, 6.45) is 0.150. The van der Waals surface area contributed by atoms with Crippen LogP contribution in [0.3, 0.4) is 0 Å². The highest BCUT2D eigenvalue weighted by molar-refractivity contribution is 6.29. The smallest absolute Gasteiger partial charge is 0.331 e. The van der Waals surface area contributed by atoms with Gasteiger partial charge in [0.25, 0.3) is 0 Å². The van der Waals surface area contributed by atoms with Gasteiger partial charge in [-0.2, -0.15) is 0 Å². The Hall–Kier alpha value is -0.760. The molecule has 0 bridgehead atoms. The fourth-order valence-corrected chi connectivity index (χ4v) is 0.468. The molecule has 0 spiro atoms. The largest absolute Gasteiger partial charge is 0.478 e. The average Bonchev–Trinajstić information content (AvgIpc) is 1.63. The minimum Gasteiger partial charge on any atom is -0.478 e. The van der Waals surface area contributed by atoms with Gasteiger partial charge in [-0.1, -0.05) is 24.8 Å². The van der Waals surface area contributed by atoms with Gasteiger partial charge in [0, 0.05) is 17.0 Å². The molecule has 9 heavy (non-hydrogen) atoms. The third kappa shape index (κ3) is 3.79. The summed E-state index contributed by atoms with van der Waals surface area (Å²) in [6, 6.07) is 0. The second-order valence-electron chi connectivity index (χ2n) is 1.60.